The zero-order valence-electron chi connectivity index (χ0n) is 28.4. The van der Waals surface area contributed by atoms with E-state index in [1.54, 1.807) is 42.9 Å². The van der Waals surface area contributed by atoms with Gasteiger partial charge in [0.05, 0.1) is 23.5 Å². The van der Waals surface area contributed by atoms with Crippen molar-refractivity contribution in [3.05, 3.63) is 114 Å². The van der Waals surface area contributed by atoms with Gasteiger partial charge in [-0.3, -0.25) is 29.4 Å². The van der Waals surface area contributed by atoms with Crippen LogP contribution in [0.15, 0.2) is 91.4 Å². The molecule has 2 aliphatic heterocycles. The van der Waals surface area contributed by atoms with Crippen LogP contribution < -0.4 is 20.1 Å². The van der Waals surface area contributed by atoms with Gasteiger partial charge in [-0.15, -0.1) is 4.80 Å². The highest BCUT2D eigenvalue weighted by molar-refractivity contribution is 6.23. The molecule has 2 aromatic heterocycles. The Morgan fingerprint density at radius 2 is 1.48 bits per heavy atom. The highest BCUT2D eigenvalue weighted by atomic mass is 16.5. The van der Waals surface area contributed by atoms with Crippen molar-refractivity contribution in [3.63, 3.8) is 0 Å². The van der Waals surface area contributed by atoms with E-state index < -0.39 is 29.7 Å². The first kappa shape index (κ1) is 32.7. The standard InChI is InChI=1S/C38H34N8O6/c1-38(2,23-5-10-27(11-6-23)52-33-15-16-39-37(44-33)46-40-17-18-41-46)22-3-8-26(9-4-22)51-28-19-25(20-28)42-24-7-12-29-30(21-24)36(50)45(35(29)49)31-13-14-32(47)43-34(31)48/h3-12,15-18,21,25,28,31,42H,13-14,19-20H2,1-2H3,(H,43,47,48). The van der Waals surface area contributed by atoms with E-state index in [2.05, 4.69) is 56.8 Å². The molecule has 5 aromatic rings. The maximum Gasteiger partial charge on any atom is 0.271 e. The number of carbonyl (C=O) groups excluding carboxylic acids is 4. The lowest BCUT2D eigenvalue weighted by atomic mass is 9.78. The smallest absolute Gasteiger partial charge is 0.271 e. The third kappa shape index (κ3) is 6.23. The van der Waals surface area contributed by atoms with E-state index in [0.717, 1.165) is 34.6 Å². The zero-order chi connectivity index (χ0) is 36.0. The Hall–Kier alpha value is -6.44. The van der Waals surface area contributed by atoms with Gasteiger partial charge in [-0.05, 0) is 60.0 Å². The fourth-order valence-corrected chi connectivity index (χ4v) is 6.75. The summed E-state index contributed by atoms with van der Waals surface area (Å²) < 4.78 is 12.2. The summed E-state index contributed by atoms with van der Waals surface area (Å²) in [7, 11) is 0. The number of hydrogen-bond acceptors (Lipinski definition) is 11. The summed E-state index contributed by atoms with van der Waals surface area (Å²) in [5.41, 5.74) is 3.19. The minimum atomic E-state index is -0.989. The van der Waals surface area contributed by atoms with Crippen molar-refractivity contribution in [1.29, 1.82) is 0 Å². The van der Waals surface area contributed by atoms with Gasteiger partial charge >= 0.3 is 0 Å². The van der Waals surface area contributed by atoms with E-state index in [1.807, 2.05) is 36.4 Å². The van der Waals surface area contributed by atoms with Crippen LogP contribution in [0.3, 0.4) is 0 Å². The average molecular weight is 699 g/mol. The van der Waals surface area contributed by atoms with Gasteiger partial charge in [0.25, 0.3) is 17.8 Å². The third-order valence-electron chi connectivity index (χ3n) is 9.80. The molecule has 0 bridgehead atoms. The van der Waals surface area contributed by atoms with E-state index in [1.165, 1.54) is 4.80 Å². The van der Waals surface area contributed by atoms with Crippen LogP contribution in [0.2, 0.25) is 0 Å². The van der Waals surface area contributed by atoms with Crippen molar-refractivity contribution < 1.29 is 28.7 Å². The van der Waals surface area contributed by atoms with Gasteiger partial charge in [0.15, 0.2) is 0 Å². The number of amides is 4. The lowest BCUT2D eigenvalue weighted by molar-refractivity contribution is -0.136. The molecule has 1 saturated carbocycles. The number of fused-ring (bicyclic) bond motifs is 1. The summed E-state index contributed by atoms with van der Waals surface area (Å²) in [5.74, 6) is 0.0616. The number of nitrogens with one attached hydrogen (secondary N) is 2. The Bertz CT molecular complexity index is 2180. The van der Waals surface area contributed by atoms with Gasteiger partial charge in [0.1, 0.15) is 23.6 Å². The molecule has 3 aromatic carbocycles. The first-order chi connectivity index (χ1) is 25.1. The molecule has 0 spiro atoms. The van der Waals surface area contributed by atoms with Crippen molar-refractivity contribution in [2.45, 2.75) is 63.1 Å². The largest absolute Gasteiger partial charge is 0.490 e. The lowest BCUT2D eigenvalue weighted by Crippen LogP contribution is -2.54. The summed E-state index contributed by atoms with van der Waals surface area (Å²) in [5, 5.41) is 13.8. The van der Waals surface area contributed by atoms with E-state index in [4.69, 9.17) is 9.47 Å². The summed E-state index contributed by atoms with van der Waals surface area (Å²) in [6.07, 6.45) is 6.48. The van der Waals surface area contributed by atoms with Crippen LogP contribution in [0.1, 0.15) is 71.4 Å². The number of rotatable bonds is 10. The van der Waals surface area contributed by atoms with Crippen molar-refractivity contribution in [3.8, 4) is 23.3 Å². The van der Waals surface area contributed by atoms with Crippen molar-refractivity contribution >= 4 is 29.3 Å². The predicted octanol–water partition coefficient (Wildman–Crippen LogP) is 4.60. The van der Waals surface area contributed by atoms with Crippen molar-refractivity contribution in [2.75, 3.05) is 5.32 Å². The van der Waals surface area contributed by atoms with Gasteiger partial charge in [-0.25, -0.2) is 4.98 Å². The molecule has 1 atom stereocenters. The molecule has 1 saturated heterocycles. The topological polar surface area (TPSA) is 171 Å². The molecule has 14 nitrogen and oxygen atoms in total. The molecule has 4 heterocycles. The van der Waals surface area contributed by atoms with Gasteiger partial charge in [-0.1, -0.05) is 38.1 Å². The molecule has 1 aliphatic carbocycles. The molecule has 2 fully saturated rings. The van der Waals surface area contributed by atoms with Crippen LogP contribution in [0, 0.1) is 0 Å². The molecule has 1 unspecified atom stereocenters. The van der Waals surface area contributed by atoms with E-state index in [0.29, 0.717) is 23.3 Å². The fourth-order valence-electron chi connectivity index (χ4n) is 6.75. The number of hydrogen-bond donors (Lipinski definition) is 2. The molecule has 2 N–H and O–H groups in total. The molecule has 8 rings (SSSR count). The van der Waals surface area contributed by atoms with Gasteiger partial charge in [-0.2, -0.15) is 15.2 Å². The minimum absolute atomic E-state index is 0.0336. The molecule has 4 amide bonds. The summed E-state index contributed by atoms with van der Waals surface area (Å²) in [6.45, 7) is 4.34. The molecular weight excluding hydrogens is 664 g/mol. The first-order valence-electron chi connectivity index (χ1n) is 17.0. The molecule has 0 radical (unpaired) electrons. The van der Waals surface area contributed by atoms with Crippen molar-refractivity contribution in [2.24, 2.45) is 0 Å². The second-order valence-electron chi connectivity index (χ2n) is 13.5. The third-order valence-corrected chi connectivity index (χ3v) is 9.80. The number of imide groups is 2. The monoisotopic (exact) mass is 698 g/mol. The summed E-state index contributed by atoms with van der Waals surface area (Å²) >= 11 is 0. The number of anilines is 1. The van der Waals surface area contributed by atoms with Crippen LogP contribution in [-0.2, 0) is 15.0 Å². The Balaban J connectivity index is 0.840. The molecular formula is C38H34N8O6. The second kappa shape index (κ2) is 13.0. The molecule has 262 valence electrons. The van der Waals surface area contributed by atoms with Gasteiger partial charge in [0, 0.05) is 48.7 Å². The molecule has 14 heteroatoms. The second-order valence-corrected chi connectivity index (χ2v) is 13.5. The SMILES string of the molecule is CC(C)(c1ccc(Oc2ccnc(-n3nccn3)n2)cc1)c1ccc(OC2CC(Nc3ccc4c(c3)C(=O)N(C3CCC(=O)NC3=O)C4=O)C2)cc1. The minimum Gasteiger partial charge on any atom is -0.490 e. The highest BCUT2D eigenvalue weighted by Gasteiger charge is 2.45. The molecule has 52 heavy (non-hydrogen) atoms. The van der Waals surface area contributed by atoms with E-state index >= 15 is 0 Å². The predicted molar refractivity (Wildman–Crippen MR) is 186 cm³/mol. The maximum absolute atomic E-state index is 13.2. The zero-order valence-corrected chi connectivity index (χ0v) is 28.4. The van der Waals surface area contributed by atoms with Crippen LogP contribution in [-0.4, -0.2) is 71.7 Å². The fraction of sp³-hybridized carbons (Fsp3) is 0.263. The quantitative estimate of drug-likeness (QED) is 0.196. The average Bonchev–Trinajstić information content (AvgIpc) is 3.75. The van der Waals surface area contributed by atoms with Crippen LogP contribution in [0.25, 0.3) is 5.95 Å². The Morgan fingerprint density at radius 3 is 2.17 bits per heavy atom. The van der Waals surface area contributed by atoms with Crippen molar-refractivity contribution in [1.82, 2.24) is 35.2 Å². The van der Waals surface area contributed by atoms with Crippen LogP contribution in [0.5, 0.6) is 17.4 Å². The number of carbonyl (C=O) groups is 4. The molecule has 3 aliphatic rings. The Labute approximate surface area is 298 Å². The van der Waals surface area contributed by atoms with Gasteiger partial charge in [0.2, 0.25) is 17.7 Å². The van der Waals surface area contributed by atoms with E-state index in [9.17, 15) is 19.2 Å². The van der Waals surface area contributed by atoms with E-state index in [-0.39, 0.29) is 41.5 Å². The van der Waals surface area contributed by atoms with Crippen LogP contribution in [0.4, 0.5) is 5.69 Å². The highest BCUT2D eigenvalue weighted by Crippen LogP contribution is 2.36. The number of piperidine rings is 1. The summed E-state index contributed by atoms with van der Waals surface area (Å²) in [4.78, 5) is 60.9. The van der Waals surface area contributed by atoms with Gasteiger partial charge < -0.3 is 14.8 Å². The number of benzene rings is 3. The lowest BCUT2D eigenvalue weighted by Gasteiger charge is -2.36. The maximum atomic E-state index is 13.2. The van der Waals surface area contributed by atoms with Crippen LogP contribution >= 0.6 is 0 Å². The summed E-state index contributed by atoms with van der Waals surface area (Å²) in [6, 6.07) is 21.9. The number of aromatic nitrogens is 5. The normalized spacial score (nSPS) is 19.9. The Kier molecular flexibility index (Phi) is 8.20. The Morgan fingerprint density at radius 1 is 0.808 bits per heavy atom. The first-order valence-corrected chi connectivity index (χ1v) is 17.0. The number of nitrogens with zero attached hydrogens (tertiary/aromatic N) is 6. The number of ether oxygens (including phenoxy) is 2.